The zero-order valence-corrected chi connectivity index (χ0v) is 63.2. The lowest BCUT2D eigenvalue weighted by molar-refractivity contribution is 0.660. The van der Waals surface area contributed by atoms with E-state index in [2.05, 4.69) is 258 Å². The van der Waals surface area contributed by atoms with Gasteiger partial charge in [0.2, 0.25) is 0 Å². The molecule has 20 rings (SSSR count). The van der Waals surface area contributed by atoms with Crippen molar-refractivity contribution in [2.75, 3.05) is 0 Å². The molecule has 16 aromatic carbocycles. The molecule has 0 fully saturated rings. The van der Waals surface area contributed by atoms with E-state index in [-0.39, 0.29) is 10.8 Å². The Morgan fingerprint density at radius 3 is 0.877 bits per heavy atom. The van der Waals surface area contributed by atoms with Gasteiger partial charge < -0.3 is 0 Å². The van der Waals surface area contributed by atoms with Gasteiger partial charge in [-0.25, -0.2) is 29.9 Å². The summed E-state index contributed by atoms with van der Waals surface area (Å²) in [6.45, 7) is 9.21. The molecule has 8 nitrogen and oxygen atoms in total. The van der Waals surface area contributed by atoms with Crippen molar-refractivity contribution < 1.29 is 0 Å². The zero-order valence-electron chi connectivity index (χ0n) is 63.2. The maximum absolute atomic E-state index is 10.3. The van der Waals surface area contributed by atoms with Gasteiger partial charge in [0.1, 0.15) is 0 Å². The third-order valence-electron chi connectivity index (χ3n) is 22.7. The van der Waals surface area contributed by atoms with Crippen molar-refractivity contribution in [3.05, 3.63) is 397 Å². The molecular formula is C106H72N8. The van der Waals surface area contributed by atoms with Crippen molar-refractivity contribution in [1.29, 1.82) is 10.5 Å². The number of aromatic nitrogens is 6. The summed E-state index contributed by atoms with van der Waals surface area (Å²) in [5, 5.41) is 25.1. The summed E-state index contributed by atoms with van der Waals surface area (Å²) in [4.78, 5) is 29.4. The van der Waals surface area contributed by atoms with Crippen LogP contribution in [0.25, 0.3) is 179 Å². The Bertz CT molecular complexity index is 6780. The number of fused-ring (bicyclic) bond motifs is 8. The van der Waals surface area contributed by atoms with Crippen LogP contribution in [-0.2, 0) is 10.8 Å². The first-order valence-electron chi connectivity index (χ1n) is 38.5. The highest BCUT2D eigenvalue weighted by Gasteiger charge is 2.38. The van der Waals surface area contributed by atoms with Crippen LogP contribution in [0.2, 0.25) is 0 Å². The molecule has 8 heteroatoms. The van der Waals surface area contributed by atoms with Gasteiger partial charge in [0.25, 0.3) is 0 Å². The molecule has 0 unspecified atom stereocenters. The Morgan fingerprint density at radius 1 is 0.193 bits per heavy atom. The van der Waals surface area contributed by atoms with Gasteiger partial charge in [0.15, 0.2) is 34.9 Å². The van der Waals surface area contributed by atoms with Crippen LogP contribution >= 0.6 is 0 Å². The lowest BCUT2D eigenvalue weighted by atomic mass is 9.81. The standard InChI is InChI=1S/2C53H36N4/c1-53(2)47-22-12-11-20-46(47)49-43(21-13-23-48(49)53)40-31-34(33-54)30-39(32-40)42-29-28-41(44-18-9-10-19-45(42)44)35-24-26-38(27-25-35)52-56-50(36-14-5-3-6-15-36)55-51(57-52)37-16-7-4-8-17-37;1-53(2)48-20-12-11-19-46(48)47-26-25-39(32-49(47)53)40-29-34(33-54)30-41(31-40)43-28-27-42(44-17-9-10-18-45(43)44)35-21-23-38(24-22-35)52-56-50(36-13-5-3-6-14-36)55-51(57-52)37-15-7-4-8-16-37/h2*3-32H,1-2H3. The summed E-state index contributed by atoms with van der Waals surface area (Å²) in [6.07, 6.45) is 0. The van der Waals surface area contributed by atoms with E-state index in [4.69, 9.17) is 29.9 Å². The van der Waals surface area contributed by atoms with E-state index >= 15 is 0 Å². The molecule has 0 saturated heterocycles. The largest absolute Gasteiger partial charge is 0.208 e. The van der Waals surface area contributed by atoms with Gasteiger partial charge in [0.05, 0.1) is 23.3 Å². The fourth-order valence-corrected chi connectivity index (χ4v) is 17.0. The molecule has 0 atom stereocenters. The van der Waals surface area contributed by atoms with Crippen molar-refractivity contribution in [3.63, 3.8) is 0 Å². The van der Waals surface area contributed by atoms with Gasteiger partial charge in [-0.3, -0.25) is 0 Å². The normalized spacial score (nSPS) is 12.5. The van der Waals surface area contributed by atoms with E-state index in [9.17, 15) is 10.5 Å². The number of rotatable bonds is 12. The van der Waals surface area contributed by atoms with Gasteiger partial charge >= 0.3 is 0 Å². The molecule has 0 aliphatic heterocycles. The van der Waals surface area contributed by atoms with Gasteiger partial charge in [-0.2, -0.15) is 10.5 Å². The SMILES string of the molecule is CC1(C)c2ccccc2-c2c(-c3cc(C#N)cc(-c4ccc(-c5ccc(-c6nc(-c7ccccc7)nc(-c7ccccc7)n6)cc5)c5ccccc45)c3)cccc21.CC1(C)c2ccccc2-c2ccc(-c3cc(C#N)cc(-c4ccc(-c5ccc(-c6nc(-c7ccccc7)nc(-c7ccccc7)n6)cc5)c5ccccc45)c3)cc21. The van der Waals surface area contributed by atoms with Crippen molar-refractivity contribution >= 4 is 21.5 Å². The summed E-state index contributed by atoms with van der Waals surface area (Å²) in [6, 6.07) is 131. The summed E-state index contributed by atoms with van der Waals surface area (Å²) in [5.41, 5.74) is 30.1. The second kappa shape index (κ2) is 28.8. The van der Waals surface area contributed by atoms with E-state index in [0.717, 1.165) is 122 Å². The highest BCUT2D eigenvalue weighted by molar-refractivity contribution is 6.07. The average Bonchev–Trinajstić information content (AvgIpc) is 1.57. The van der Waals surface area contributed by atoms with Gasteiger partial charge in [-0.15, -0.1) is 0 Å². The Kier molecular flexibility index (Phi) is 17.6. The minimum absolute atomic E-state index is 0.108. The molecular weight excluding hydrogens is 1390 g/mol. The van der Waals surface area contributed by atoms with Crippen LogP contribution in [0, 0.1) is 22.7 Å². The maximum Gasteiger partial charge on any atom is 0.164 e. The topological polar surface area (TPSA) is 125 Å². The predicted molar refractivity (Wildman–Crippen MR) is 464 cm³/mol. The predicted octanol–water partition coefficient (Wildman–Crippen LogP) is 26.4. The van der Waals surface area contributed by atoms with Crippen LogP contribution in [-0.4, -0.2) is 29.9 Å². The second-order valence-corrected chi connectivity index (χ2v) is 30.3. The van der Waals surface area contributed by atoms with E-state index in [0.29, 0.717) is 46.1 Å². The quantitative estimate of drug-likeness (QED) is 0.118. The summed E-state index contributed by atoms with van der Waals surface area (Å²) in [7, 11) is 0. The third kappa shape index (κ3) is 12.6. The molecule has 18 aromatic rings. The van der Waals surface area contributed by atoms with Crippen molar-refractivity contribution in [2.24, 2.45) is 0 Å². The summed E-state index contributed by atoms with van der Waals surface area (Å²) < 4.78 is 0. The van der Waals surface area contributed by atoms with Crippen LogP contribution < -0.4 is 0 Å². The highest BCUT2D eigenvalue weighted by Crippen LogP contribution is 2.54. The monoisotopic (exact) mass is 1460 g/mol. The number of benzene rings is 16. The first-order valence-corrected chi connectivity index (χ1v) is 38.5. The molecule has 114 heavy (non-hydrogen) atoms. The zero-order chi connectivity index (χ0) is 77.0. The molecule has 0 bridgehead atoms. The third-order valence-corrected chi connectivity index (χ3v) is 22.7. The molecule has 0 radical (unpaired) electrons. The number of nitrogens with zero attached hydrogens (tertiary/aromatic N) is 8. The number of hydrogen-bond donors (Lipinski definition) is 0. The molecule has 2 aliphatic rings. The lowest BCUT2D eigenvalue weighted by Crippen LogP contribution is -2.14. The molecule has 0 spiro atoms. The van der Waals surface area contributed by atoms with Crippen molar-refractivity contribution in [2.45, 2.75) is 38.5 Å². The van der Waals surface area contributed by atoms with Gasteiger partial charge in [0, 0.05) is 44.2 Å². The summed E-state index contributed by atoms with van der Waals surface area (Å²) >= 11 is 0. The molecule has 536 valence electrons. The second-order valence-electron chi connectivity index (χ2n) is 30.3. The fourth-order valence-electron chi connectivity index (χ4n) is 17.0. The molecule has 2 aromatic heterocycles. The Morgan fingerprint density at radius 2 is 0.465 bits per heavy atom. The van der Waals surface area contributed by atoms with E-state index in [1.165, 1.54) is 44.5 Å². The van der Waals surface area contributed by atoms with Crippen LogP contribution in [0.5, 0.6) is 0 Å². The highest BCUT2D eigenvalue weighted by atomic mass is 15.0. The Balaban J connectivity index is 0.000000153. The molecule has 2 heterocycles. The van der Waals surface area contributed by atoms with E-state index in [1.807, 2.05) is 146 Å². The minimum Gasteiger partial charge on any atom is -0.208 e. The number of nitriles is 2. The molecule has 0 amide bonds. The fraction of sp³-hybridized carbons (Fsp3) is 0.0566. The van der Waals surface area contributed by atoms with Crippen LogP contribution in [0.4, 0.5) is 0 Å². The van der Waals surface area contributed by atoms with Gasteiger partial charge in [-0.05, 0) is 175 Å². The van der Waals surface area contributed by atoms with Crippen LogP contribution in [0.15, 0.2) is 364 Å². The molecule has 0 N–H and O–H groups in total. The maximum atomic E-state index is 10.3. The Labute approximate surface area is 663 Å². The average molecular weight is 1460 g/mol. The summed E-state index contributed by atoms with van der Waals surface area (Å²) in [5.74, 6) is 3.80. The first kappa shape index (κ1) is 69.5. The van der Waals surface area contributed by atoms with Crippen LogP contribution in [0.1, 0.15) is 61.1 Å². The van der Waals surface area contributed by atoms with Gasteiger partial charge in [-0.1, -0.05) is 349 Å². The van der Waals surface area contributed by atoms with E-state index < -0.39 is 0 Å². The molecule has 0 saturated carbocycles. The van der Waals surface area contributed by atoms with Crippen LogP contribution in [0.3, 0.4) is 0 Å². The Hall–Kier alpha value is -15.0. The van der Waals surface area contributed by atoms with Crippen molar-refractivity contribution in [3.8, 4) is 169 Å². The minimum atomic E-state index is -0.108. The van der Waals surface area contributed by atoms with Crippen molar-refractivity contribution in [1.82, 2.24) is 29.9 Å². The molecule has 2 aliphatic carbocycles. The smallest absolute Gasteiger partial charge is 0.164 e. The van der Waals surface area contributed by atoms with E-state index in [1.54, 1.807) is 0 Å². The number of hydrogen-bond acceptors (Lipinski definition) is 8. The lowest BCUT2D eigenvalue weighted by Gasteiger charge is -2.22. The first-order chi connectivity index (χ1) is 55.9.